The molecular formula is C17H21N3O2S. The Balaban J connectivity index is 1.61. The third-order valence-corrected chi connectivity index (χ3v) is 6.17. The van der Waals surface area contributed by atoms with Gasteiger partial charge in [-0.15, -0.1) is 11.3 Å². The quantitative estimate of drug-likeness (QED) is 0.934. The molecule has 1 fully saturated rings. The van der Waals surface area contributed by atoms with Crippen LogP contribution in [-0.4, -0.2) is 21.5 Å². The molecule has 2 aromatic heterocycles. The number of fused-ring (bicyclic) bond motifs is 3. The first-order valence-corrected chi connectivity index (χ1v) is 9.24. The van der Waals surface area contributed by atoms with Crippen LogP contribution >= 0.6 is 11.3 Å². The molecule has 0 bridgehead atoms. The number of aryl methyl sites for hydroxylation is 2. The van der Waals surface area contributed by atoms with Gasteiger partial charge in [-0.1, -0.05) is 0 Å². The van der Waals surface area contributed by atoms with Crippen LogP contribution in [0.1, 0.15) is 43.0 Å². The van der Waals surface area contributed by atoms with Crippen LogP contribution in [0.15, 0.2) is 11.1 Å². The number of nitrogens with one attached hydrogen (secondary N) is 1. The second kappa shape index (κ2) is 5.74. The van der Waals surface area contributed by atoms with Crippen LogP contribution in [0.5, 0.6) is 0 Å². The molecule has 0 unspecified atom stereocenters. The van der Waals surface area contributed by atoms with Crippen molar-refractivity contribution >= 4 is 27.5 Å². The van der Waals surface area contributed by atoms with Gasteiger partial charge >= 0.3 is 0 Å². The summed E-state index contributed by atoms with van der Waals surface area (Å²) in [7, 11) is 0. The maximum Gasteiger partial charge on any atom is 0.262 e. The van der Waals surface area contributed by atoms with Crippen LogP contribution in [0.4, 0.5) is 0 Å². The average molecular weight is 331 g/mol. The summed E-state index contributed by atoms with van der Waals surface area (Å²) in [6.45, 7) is 2.10. The summed E-state index contributed by atoms with van der Waals surface area (Å²) in [5.74, 6) is 0.511. The van der Waals surface area contributed by atoms with Gasteiger partial charge in [-0.05, 0) is 56.9 Å². The van der Waals surface area contributed by atoms with E-state index in [0.717, 1.165) is 29.5 Å². The van der Waals surface area contributed by atoms with Gasteiger partial charge in [0.25, 0.3) is 5.56 Å². The lowest BCUT2D eigenvalue weighted by Gasteiger charge is -2.13. The standard InChI is InChI=1S/C17H21N3O2S/c1-10(11-6-7-11)19-14(21)8-20-9-18-16-15(17(20)22)12-4-2-3-5-13(12)23-16/h9-11H,2-8H2,1H3,(H,19,21)/t10-/m0/s1. The first-order chi connectivity index (χ1) is 11.1. The van der Waals surface area contributed by atoms with Gasteiger partial charge in [0.15, 0.2) is 0 Å². The molecule has 0 radical (unpaired) electrons. The van der Waals surface area contributed by atoms with E-state index in [4.69, 9.17) is 0 Å². The third kappa shape index (κ3) is 2.80. The van der Waals surface area contributed by atoms with Gasteiger partial charge < -0.3 is 5.32 Å². The van der Waals surface area contributed by atoms with Crippen molar-refractivity contribution in [3.8, 4) is 0 Å². The molecule has 0 aliphatic heterocycles. The fraction of sp³-hybridized carbons (Fsp3) is 0.588. The summed E-state index contributed by atoms with van der Waals surface area (Å²) in [5, 5.41) is 3.74. The molecule has 5 nitrogen and oxygen atoms in total. The van der Waals surface area contributed by atoms with E-state index in [0.29, 0.717) is 5.92 Å². The van der Waals surface area contributed by atoms with Crippen molar-refractivity contribution < 1.29 is 4.79 Å². The number of carbonyl (C=O) groups is 1. The Bertz CT molecular complexity index is 819. The first-order valence-electron chi connectivity index (χ1n) is 8.42. The molecule has 1 amide bonds. The minimum absolute atomic E-state index is 0.0590. The van der Waals surface area contributed by atoms with E-state index in [1.54, 1.807) is 11.3 Å². The number of rotatable bonds is 4. The highest BCUT2D eigenvalue weighted by molar-refractivity contribution is 7.18. The SMILES string of the molecule is C[C@H](NC(=O)Cn1cnc2sc3c(c2c1=O)CCCC3)C1CC1. The predicted octanol–water partition coefficient (Wildman–Crippen LogP) is 2.25. The Morgan fingerprint density at radius 2 is 2.22 bits per heavy atom. The monoisotopic (exact) mass is 331 g/mol. The number of hydrogen-bond donors (Lipinski definition) is 1. The second-order valence-corrected chi connectivity index (χ2v) is 7.85. The summed E-state index contributed by atoms with van der Waals surface area (Å²) in [6.07, 6.45) is 8.23. The number of amides is 1. The van der Waals surface area contributed by atoms with Gasteiger partial charge in [0, 0.05) is 10.9 Å². The maximum atomic E-state index is 12.8. The Hall–Kier alpha value is -1.69. The minimum Gasteiger partial charge on any atom is -0.352 e. The highest BCUT2D eigenvalue weighted by Crippen LogP contribution is 2.33. The number of carbonyl (C=O) groups excluding carboxylic acids is 1. The summed E-state index contributed by atoms with van der Waals surface area (Å²) in [4.78, 5) is 31.5. The van der Waals surface area contributed by atoms with E-state index < -0.39 is 0 Å². The first kappa shape index (κ1) is 14.9. The summed E-state index contributed by atoms with van der Waals surface area (Å²) in [6, 6.07) is 0.198. The molecule has 2 aromatic rings. The molecule has 1 N–H and O–H groups in total. The molecule has 0 spiro atoms. The molecule has 0 aromatic carbocycles. The molecule has 0 saturated heterocycles. The number of thiophene rings is 1. The van der Waals surface area contributed by atoms with Crippen molar-refractivity contribution in [1.29, 1.82) is 0 Å². The molecule has 1 saturated carbocycles. The van der Waals surface area contributed by atoms with E-state index in [2.05, 4.69) is 10.3 Å². The van der Waals surface area contributed by atoms with Crippen LogP contribution in [0, 0.1) is 5.92 Å². The summed E-state index contributed by atoms with van der Waals surface area (Å²) >= 11 is 1.64. The van der Waals surface area contributed by atoms with E-state index in [-0.39, 0.29) is 24.1 Å². The third-order valence-electron chi connectivity index (χ3n) is 4.97. The fourth-order valence-corrected chi connectivity index (χ4v) is 4.68. The lowest BCUT2D eigenvalue weighted by atomic mass is 9.97. The molecule has 23 heavy (non-hydrogen) atoms. The maximum absolute atomic E-state index is 12.8. The Morgan fingerprint density at radius 1 is 1.43 bits per heavy atom. The van der Waals surface area contributed by atoms with Crippen molar-refractivity contribution in [2.75, 3.05) is 0 Å². The molecule has 2 heterocycles. The highest BCUT2D eigenvalue weighted by atomic mass is 32.1. The van der Waals surface area contributed by atoms with Crippen LogP contribution in [0.3, 0.4) is 0 Å². The minimum atomic E-state index is -0.100. The number of nitrogens with zero attached hydrogens (tertiary/aromatic N) is 2. The number of aromatic nitrogens is 2. The Morgan fingerprint density at radius 3 is 3.00 bits per heavy atom. The molecule has 1 atom stereocenters. The van der Waals surface area contributed by atoms with Crippen LogP contribution < -0.4 is 10.9 Å². The van der Waals surface area contributed by atoms with E-state index >= 15 is 0 Å². The van der Waals surface area contributed by atoms with Crippen molar-refractivity contribution in [2.45, 2.75) is 58.0 Å². The van der Waals surface area contributed by atoms with Crippen molar-refractivity contribution in [3.05, 3.63) is 27.1 Å². The zero-order chi connectivity index (χ0) is 16.0. The lowest BCUT2D eigenvalue weighted by Crippen LogP contribution is -2.38. The summed E-state index contributed by atoms with van der Waals surface area (Å²) in [5.41, 5.74) is 1.11. The Kier molecular flexibility index (Phi) is 3.71. The van der Waals surface area contributed by atoms with Gasteiger partial charge in [-0.3, -0.25) is 14.2 Å². The molecule has 2 aliphatic carbocycles. The van der Waals surface area contributed by atoms with Gasteiger partial charge in [-0.2, -0.15) is 0 Å². The van der Waals surface area contributed by atoms with Crippen LogP contribution in [0.25, 0.3) is 10.2 Å². The largest absolute Gasteiger partial charge is 0.352 e. The smallest absolute Gasteiger partial charge is 0.262 e. The van der Waals surface area contributed by atoms with E-state index in [9.17, 15) is 9.59 Å². The van der Waals surface area contributed by atoms with Gasteiger partial charge in [0.05, 0.1) is 11.7 Å². The van der Waals surface area contributed by atoms with Crippen molar-refractivity contribution in [1.82, 2.24) is 14.9 Å². The van der Waals surface area contributed by atoms with Crippen molar-refractivity contribution in [3.63, 3.8) is 0 Å². The summed E-state index contributed by atoms with van der Waals surface area (Å²) < 4.78 is 1.46. The fourth-order valence-electron chi connectivity index (χ4n) is 3.46. The van der Waals surface area contributed by atoms with Crippen LogP contribution in [-0.2, 0) is 24.2 Å². The van der Waals surface area contributed by atoms with Crippen LogP contribution in [0.2, 0.25) is 0 Å². The Labute approximate surface area is 138 Å². The normalized spacial score (nSPS) is 18.7. The van der Waals surface area contributed by atoms with Crippen molar-refractivity contribution in [2.24, 2.45) is 5.92 Å². The van der Waals surface area contributed by atoms with Gasteiger partial charge in [0.2, 0.25) is 5.91 Å². The van der Waals surface area contributed by atoms with Gasteiger partial charge in [-0.25, -0.2) is 4.98 Å². The average Bonchev–Trinajstić information content (AvgIpc) is 3.31. The molecule has 2 aliphatic rings. The number of hydrogen-bond acceptors (Lipinski definition) is 4. The highest BCUT2D eigenvalue weighted by Gasteiger charge is 2.29. The lowest BCUT2D eigenvalue weighted by molar-refractivity contribution is -0.122. The van der Waals surface area contributed by atoms with E-state index in [1.165, 1.54) is 40.6 Å². The predicted molar refractivity (Wildman–Crippen MR) is 90.9 cm³/mol. The molecule has 122 valence electrons. The second-order valence-electron chi connectivity index (χ2n) is 6.76. The molecular weight excluding hydrogens is 310 g/mol. The van der Waals surface area contributed by atoms with E-state index in [1.807, 2.05) is 6.92 Å². The molecule has 4 rings (SSSR count). The topological polar surface area (TPSA) is 64.0 Å². The molecule has 6 heteroatoms. The van der Waals surface area contributed by atoms with Gasteiger partial charge in [0.1, 0.15) is 11.4 Å². The zero-order valence-corrected chi connectivity index (χ0v) is 14.1. The zero-order valence-electron chi connectivity index (χ0n) is 13.3.